The third-order valence-electron chi connectivity index (χ3n) is 4.65. The van der Waals surface area contributed by atoms with Crippen molar-refractivity contribution in [3.63, 3.8) is 0 Å². The van der Waals surface area contributed by atoms with Crippen LogP contribution in [0, 0.1) is 0 Å². The molecule has 1 aliphatic rings. The van der Waals surface area contributed by atoms with Crippen LogP contribution in [0.4, 0.5) is 0 Å². The molecule has 8 heteroatoms. The van der Waals surface area contributed by atoms with E-state index in [1.807, 2.05) is 30.3 Å². The van der Waals surface area contributed by atoms with Gasteiger partial charge >= 0.3 is 0 Å². The van der Waals surface area contributed by atoms with Crippen LogP contribution >= 0.6 is 0 Å². The average molecular weight is 374 g/mol. The van der Waals surface area contributed by atoms with E-state index in [0.29, 0.717) is 13.0 Å². The second-order valence-electron chi connectivity index (χ2n) is 6.75. The molecule has 0 unspecified atom stereocenters. The molecule has 0 aliphatic carbocycles. The number of nitrogens with one attached hydrogen (secondary N) is 2. The summed E-state index contributed by atoms with van der Waals surface area (Å²) in [7, 11) is 0. The summed E-state index contributed by atoms with van der Waals surface area (Å²) in [6.07, 6.45) is 1.58. The van der Waals surface area contributed by atoms with Gasteiger partial charge in [-0.25, -0.2) is 0 Å². The maximum absolute atomic E-state index is 12.4. The zero-order valence-corrected chi connectivity index (χ0v) is 15.6. The minimum Gasteiger partial charge on any atom is -0.368 e. The Bertz CT molecular complexity index is 707. The van der Waals surface area contributed by atoms with Crippen LogP contribution in [0.1, 0.15) is 32.3 Å². The van der Waals surface area contributed by atoms with Crippen LogP contribution in [-0.2, 0) is 25.6 Å². The Balaban J connectivity index is 1.93. The Morgan fingerprint density at radius 3 is 2.44 bits per heavy atom. The summed E-state index contributed by atoms with van der Waals surface area (Å²) in [6, 6.07) is 6.90. The maximum atomic E-state index is 12.4. The molecule has 1 aromatic rings. The van der Waals surface area contributed by atoms with E-state index in [1.165, 1.54) is 18.7 Å². The summed E-state index contributed by atoms with van der Waals surface area (Å²) in [5.74, 6) is -1.69. The minimum atomic E-state index is -0.876. The van der Waals surface area contributed by atoms with E-state index >= 15 is 0 Å². The number of hydrogen-bond donors (Lipinski definition) is 3. The fraction of sp³-hybridized carbons (Fsp3) is 0.474. The van der Waals surface area contributed by atoms with Crippen molar-refractivity contribution in [3.8, 4) is 0 Å². The monoisotopic (exact) mass is 374 g/mol. The zero-order valence-electron chi connectivity index (χ0n) is 15.6. The Morgan fingerprint density at radius 1 is 1.19 bits per heavy atom. The predicted octanol–water partition coefficient (Wildman–Crippen LogP) is -0.285. The zero-order chi connectivity index (χ0) is 20.0. The van der Waals surface area contributed by atoms with Crippen molar-refractivity contribution in [2.24, 2.45) is 5.73 Å². The summed E-state index contributed by atoms with van der Waals surface area (Å²) < 4.78 is 0. The molecular weight excluding hydrogens is 348 g/mol. The SMILES string of the molecule is CC(=O)N1CCC[C@H]1C(=O)N[C@@H](C)C(=O)N[C@@H](Cc1ccccc1)C(N)=O. The molecule has 1 saturated heterocycles. The molecule has 4 amide bonds. The summed E-state index contributed by atoms with van der Waals surface area (Å²) in [5, 5.41) is 5.20. The standard InChI is InChI=1S/C19H26N4O4/c1-12(21-19(27)16-9-6-10-23(16)13(2)24)18(26)22-15(17(20)25)11-14-7-4-3-5-8-14/h3-5,7-8,12,15-16H,6,9-11H2,1-2H3,(H2,20,25)(H,21,27)(H,22,26)/t12-,15-,16-/m0/s1. The van der Waals surface area contributed by atoms with Crippen molar-refractivity contribution in [1.29, 1.82) is 0 Å². The predicted molar refractivity (Wildman–Crippen MR) is 99.3 cm³/mol. The first-order valence-electron chi connectivity index (χ1n) is 9.00. The third-order valence-corrected chi connectivity index (χ3v) is 4.65. The van der Waals surface area contributed by atoms with E-state index in [2.05, 4.69) is 10.6 Å². The minimum absolute atomic E-state index is 0.165. The first-order valence-corrected chi connectivity index (χ1v) is 9.00. The molecular formula is C19H26N4O4. The summed E-state index contributed by atoms with van der Waals surface area (Å²) >= 11 is 0. The van der Waals surface area contributed by atoms with Crippen molar-refractivity contribution in [3.05, 3.63) is 35.9 Å². The highest BCUT2D eigenvalue weighted by Crippen LogP contribution is 2.17. The Labute approximate surface area is 158 Å². The number of carbonyl (C=O) groups is 4. The maximum Gasteiger partial charge on any atom is 0.243 e. The van der Waals surface area contributed by atoms with E-state index in [-0.39, 0.29) is 18.2 Å². The highest BCUT2D eigenvalue weighted by atomic mass is 16.2. The Morgan fingerprint density at radius 2 is 1.85 bits per heavy atom. The van der Waals surface area contributed by atoms with Crippen molar-refractivity contribution in [1.82, 2.24) is 15.5 Å². The molecule has 8 nitrogen and oxygen atoms in total. The number of hydrogen-bond acceptors (Lipinski definition) is 4. The van der Waals surface area contributed by atoms with Gasteiger partial charge in [0.05, 0.1) is 0 Å². The Kier molecular flexibility index (Phi) is 6.92. The van der Waals surface area contributed by atoms with Gasteiger partial charge in [-0.05, 0) is 25.3 Å². The number of nitrogens with zero attached hydrogens (tertiary/aromatic N) is 1. The molecule has 1 aliphatic heterocycles. The van der Waals surface area contributed by atoms with Gasteiger partial charge in [0.15, 0.2) is 0 Å². The van der Waals surface area contributed by atoms with Crippen LogP contribution in [0.2, 0.25) is 0 Å². The number of benzene rings is 1. The van der Waals surface area contributed by atoms with E-state index in [1.54, 1.807) is 0 Å². The molecule has 0 aromatic heterocycles. The lowest BCUT2D eigenvalue weighted by Crippen LogP contribution is -2.55. The van der Waals surface area contributed by atoms with Crippen LogP contribution in [-0.4, -0.2) is 53.2 Å². The lowest BCUT2D eigenvalue weighted by Gasteiger charge is -2.25. The molecule has 1 fully saturated rings. The molecule has 1 heterocycles. The van der Waals surface area contributed by atoms with E-state index in [9.17, 15) is 19.2 Å². The fourth-order valence-corrected chi connectivity index (χ4v) is 3.16. The van der Waals surface area contributed by atoms with Crippen molar-refractivity contribution < 1.29 is 19.2 Å². The lowest BCUT2D eigenvalue weighted by molar-refractivity contribution is -0.138. The quantitative estimate of drug-likeness (QED) is 0.607. The first-order chi connectivity index (χ1) is 12.8. The highest BCUT2D eigenvalue weighted by Gasteiger charge is 2.34. The number of likely N-dealkylation sites (tertiary alicyclic amines) is 1. The van der Waals surface area contributed by atoms with Crippen molar-refractivity contribution >= 4 is 23.6 Å². The number of amides is 4. The second kappa shape index (κ2) is 9.16. The normalized spacial score (nSPS) is 18.4. The largest absolute Gasteiger partial charge is 0.368 e. The molecule has 27 heavy (non-hydrogen) atoms. The van der Waals surface area contributed by atoms with Gasteiger partial charge in [0.25, 0.3) is 0 Å². The first kappa shape index (κ1) is 20.4. The molecule has 0 saturated carbocycles. The van der Waals surface area contributed by atoms with E-state index in [4.69, 9.17) is 5.73 Å². The van der Waals surface area contributed by atoms with Gasteiger partial charge in [-0.1, -0.05) is 30.3 Å². The number of rotatable bonds is 7. The van der Waals surface area contributed by atoms with Gasteiger partial charge in [-0.3, -0.25) is 19.2 Å². The molecule has 4 N–H and O–H groups in total. The molecule has 146 valence electrons. The Hall–Kier alpha value is -2.90. The van der Waals surface area contributed by atoms with Gasteiger partial charge < -0.3 is 21.3 Å². The summed E-state index contributed by atoms with van der Waals surface area (Å²) in [5.41, 5.74) is 6.26. The van der Waals surface area contributed by atoms with Crippen molar-refractivity contribution in [2.45, 2.75) is 51.2 Å². The van der Waals surface area contributed by atoms with Crippen LogP contribution in [0.3, 0.4) is 0 Å². The molecule has 2 rings (SSSR count). The van der Waals surface area contributed by atoms with Crippen LogP contribution in [0.15, 0.2) is 30.3 Å². The molecule has 3 atom stereocenters. The van der Waals surface area contributed by atoms with Gasteiger partial charge in [0, 0.05) is 19.9 Å². The van der Waals surface area contributed by atoms with Gasteiger partial charge in [0.1, 0.15) is 18.1 Å². The van der Waals surface area contributed by atoms with E-state index < -0.39 is 29.9 Å². The topological polar surface area (TPSA) is 122 Å². The molecule has 0 radical (unpaired) electrons. The summed E-state index contributed by atoms with van der Waals surface area (Å²) in [6.45, 7) is 3.48. The number of nitrogens with two attached hydrogens (primary N) is 1. The molecule has 0 spiro atoms. The van der Waals surface area contributed by atoms with Crippen LogP contribution < -0.4 is 16.4 Å². The van der Waals surface area contributed by atoms with Gasteiger partial charge in [-0.2, -0.15) is 0 Å². The molecule has 0 bridgehead atoms. The van der Waals surface area contributed by atoms with Gasteiger partial charge in [0.2, 0.25) is 23.6 Å². The smallest absolute Gasteiger partial charge is 0.243 e. The number of primary amides is 1. The van der Waals surface area contributed by atoms with Crippen LogP contribution in [0.25, 0.3) is 0 Å². The van der Waals surface area contributed by atoms with Crippen LogP contribution in [0.5, 0.6) is 0 Å². The molecule has 1 aromatic carbocycles. The van der Waals surface area contributed by atoms with Crippen molar-refractivity contribution in [2.75, 3.05) is 6.54 Å². The van der Waals surface area contributed by atoms with Gasteiger partial charge in [-0.15, -0.1) is 0 Å². The average Bonchev–Trinajstić information content (AvgIpc) is 3.12. The van der Waals surface area contributed by atoms with E-state index in [0.717, 1.165) is 12.0 Å². The highest BCUT2D eigenvalue weighted by molar-refractivity contribution is 5.93. The number of carbonyl (C=O) groups excluding carboxylic acids is 4. The third kappa shape index (κ3) is 5.54. The summed E-state index contributed by atoms with van der Waals surface area (Å²) in [4.78, 5) is 49.6. The second-order valence-corrected chi connectivity index (χ2v) is 6.75. The lowest BCUT2D eigenvalue weighted by atomic mass is 10.1. The fourth-order valence-electron chi connectivity index (χ4n) is 3.16.